The van der Waals surface area contributed by atoms with E-state index in [2.05, 4.69) is 70.2 Å². The van der Waals surface area contributed by atoms with Crippen molar-refractivity contribution in [3.63, 3.8) is 0 Å². The first-order chi connectivity index (χ1) is 12.1. The summed E-state index contributed by atoms with van der Waals surface area (Å²) < 4.78 is 0. The Kier molecular flexibility index (Phi) is 5.38. The second-order valence-electron chi connectivity index (χ2n) is 6.77. The Balaban J connectivity index is 1.61. The first-order valence-electron chi connectivity index (χ1n) is 8.96. The van der Waals surface area contributed by atoms with E-state index in [1.807, 2.05) is 12.1 Å². The summed E-state index contributed by atoms with van der Waals surface area (Å²) in [5.74, 6) is 1.27. The lowest BCUT2D eigenvalue weighted by atomic mass is 10.1. The van der Waals surface area contributed by atoms with Crippen molar-refractivity contribution >= 4 is 17.5 Å². The molecule has 2 aromatic rings. The summed E-state index contributed by atoms with van der Waals surface area (Å²) >= 11 is 0. The molecule has 1 aliphatic rings. The molecular weight excluding hydrogens is 312 g/mol. The van der Waals surface area contributed by atoms with E-state index in [9.17, 15) is 0 Å². The lowest BCUT2D eigenvalue weighted by Crippen LogP contribution is -2.59. The molecule has 0 aliphatic carbocycles. The molecule has 0 bridgehead atoms. The predicted molar refractivity (Wildman–Crippen MR) is 104 cm³/mol. The summed E-state index contributed by atoms with van der Waals surface area (Å²) in [6.45, 7) is 6.95. The Morgan fingerprint density at radius 1 is 1.28 bits per heavy atom. The summed E-state index contributed by atoms with van der Waals surface area (Å²) in [6, 6.07) is 13.5. The highest BCUT2D eigenvalue weighted by molar-refractivity contribution is 5.52. The highest BCUT2D eigenvalue weighted by atomic mass is 15.3. The number of para-hydroxylation sites is 1. The van der Waals surface area contributed by atoms with E-state index in [1.54, 1.807) is 0 Å². The van der Waals surface area contributed by atoms with Crippen LogP contribution in [0.25, 0.3) is 0 Å². The second kappa shape index (κ2) is 7.70. The first kappa shape index (κ1) is 17.5. The zero-order chi connectivity index (χ0) is 17.8. The fourth-order valence-electron chi connectivity index (χ4n) is 2.94. The number of aromatic nitrogens is 2. The average Bonchev–Trinajstić information content (AvgIpc) is 2.58. The minimum Gasteiger partial charge on any atom is -0.368 e. The third-order valence-corrected chi connectivity index (χ3v) is 4.92. The smallest absolute Gasteiger partial charge is 0.222 e. The summed E-state index contributed by atoms with van der Waals surface area (Å²) in [4.78, 5) is 13.4. The minimum absolute atomic E-state index is 0.346. The van der Waals surface area contributed by atoms with Crippen molar-refractivity contribution in [3.05, 3.63) is 42.1 Å². The van der Waals surface area contributed by atoms with E-state index in [1.165, 1.54) is 5.69 Å². The van der Waals surface area contributed by atoms with Gasteiger partial charge in [-0.25, -0.2) is 4.98 Å². The van der Waals surface area contributed by atoms with Crippen LogP contribution in [0.15, 0.2) is 36.4 Å². The third kappa shape index (κ3) is 4.20. The summed E-state index contributed by atoms with van der Waals surface area (Å²) in [5, 5.41) is 3.45. The van der Waals surface area contributed by atoms with E-state index >= 15 is 0 Å². The zero-order valence-corrected chi connectivity index (χ0v) is 15.3. The van der Waals surface area contributed by atoms with E-state index in [0.717, 1.165) is 37.6 Å². The van der Waals surface area contributed by atoms with Crippen molar-refractivity contribution in [1.82, 2.24) is 15.3 Å². The van der Waals surface area contributed by atoms with E-state index < -0.39 is 0 Å². The number of nitrogen functional groups attached to an aromatic ring is 1. The van der Waals surface area contributed by atoms with Gasteiger partial charge < -0.3 is 20.9 Å². The molecular formula is C19H28N6. The number of likely N-dealkylation sites (N-methyl/N-ethyl adjacent to an activating group) is 1. The largest absolute Gasteiger partial charge is 0.368 e. The number of benzene rings is 1. The average molecular weight is 340 g/mol. The molecule has 0 spiro atoms. The monoisotopic (exact) mass is 340 g/mol. The third-order valence-electron chi connectivity index (χ3n) is 4.92. The summed E-state index contributed by atoms with van der Waals surface area (Å²) in [5.41, 5.74) is 8.10. The summed E-state index contributed by atoms with van der Waals surface area (Å²) in [7, 11) is 2.15. The molecule has 2 heterocycles. The number of hydrogen-bond donors (Lipinski definition) is 2. The van der Waals surface area contributed by atoms with Crippen molar-refractivity contribution in [3.8, 4) is 0 Å². The Labute approximate surface area is 150 Å². The van der Waals surface area contributed by atoms with Crippen LogP contribution in [-0.4, -0.2) is 42.2 Å². The van der Waals surface area contributed by atoms with Crippen molar-refractivity contribution in [2.24, 2.45) is 0 Å². The zero-order valence-electron chi connectivity index (χ0n) is 15.3. The van der Waals surface area contributed by atoms with Crippen LogP contribution < -0.4 is 20.9 Å². The van der Waals surface area contributed by atoms with Crippen molar-refractivity contribution in [1.29, 1.82) is 0 Å². The van der Waals surface area contributed by atoms with Crippen LogP contribution in [-0.2, 0) is 6.54 Å². The molecule has 1 unspecified atom stereocenters. The molecule has 3 rings (SSSR count). The van der Waals surface area contributed by atoms with E-state index in [4.69, 9.17) is 5.73 Å². The van der Waals surface area contributed by atoms with Gasteiger partial charge >= 0.3 is 0 Å². The van der Waals surface area contributed by atoms with Crippen molar-refractivity contribution in [2.75, 3.05) is 35.7 Å². The Morgan fingerprint density at radius 3 is 2.68 bits per heavy atom. The molecule has 0 radical (unpaired) electrons. The maximum absolute atomic E-state index is 5.91. The van der Waals surface area contributed by atoms with Crippen LogP contribution in [0.2, 0.25) is 0 Å². The van der Waals surface area contributed by atoms with Gasteiger partial charge in [-0.3, -0.25) is 0 Å². The van der Waals surface area contributed by atoms with E-state index in [-0.39, 0.29) is 0 Å². The summed E-state index contributed by atoms with van der Waals surface area (Å²) in [6.07, 6.45) is 1.09. The number of nitrogens with zero attached hydrogens (tertiary/aromatic N) is 4. The maximum Gasteiger partial charge on any atom is 0.222 e. The minimum atomic E-state index is 0.346. The van der Waals surface area contributed by atoms with Gasteiger partial charge in [-0.05, 0) is 25.5 Å². The number of hydrogen-bond acceptors (Lipinski definition) is 6. The van der Waals surface area contributed by atoms with Crippen LogP contribution in [0.5, 0.6) is 0 Å². The molecule has 1 saturated heterocycles. The molecule has 1 atom stereocenters. The van der Waals surface area contributed by atoms with Gasteiger partial charge in [0, 0.05) is 44.5 Å². The molecule has 1 fully saturated rings. The predicted octanol–water partition coefficient (Wildman–Crippen LogP) is 2.27. The molecule has 6 nitrogen and oxygen atoms in total. The Morgan fingerprint density at radius 2 is 2.00 bits per heavy atom. The second-order valence-corrected chi connectivity index (χ2v) is 6.77. The lowest BCUT2D eigenvalue weighted by Gasteiger charge is -2.45. The molecule has 6 heteroatoms. The molecule has 1 aliphatic heterocycles. The normalized spacial score (nSPS) is 15.7. The first-order valence-corrected chi connectivity index (χ1v) is 8.96. The van der Waals surface area contributed by atoms with Gasteiger partial charge in [-0.1, -0.05) is 25.1 Å². The Hall–Kier alpha value is -2.34. The highest BCUT2D eigenvalue weighted by Crippen LogP contribution is 2.25. The number of nitrogens with one attached hydrogen (secondary N) is 1. The van der Waals surface area contributed by atoms with Crippen LogP contribution in [0.4, 0.5) is 17.5 Å². The number of anilines is 3. The Bertz CT molecular complexity index is 684. The van der Waals surface area contributed by atoms with Crippen LogP contribution >= 0.6 is 0 Å². The van der Waals surface area contributed by atoms with Gasteiger partial charge in [0.25, 0.3) is 0 Å². The van der Waals surface area contributed by atoms with E-state index in [0.29, 0.717) is 18.0 Å². The van der Waals surface area contributed by atoms with Gasteiger partial charge in [0.2, 0.25) is 5.95 Å². The van der Waals surface area contributed by atoms with Gasteiger partial charge in [0.1, 0.15) is 5.82 Å². The van der Waals surface area contributed by atoms with Gasteiger partial charge in [0.05, 0.1) is 11.7 Å². The van der Waals surface area contributed by atoms with Crippen molar-refractivity contribution < 1.29 is 0 Å². The number of rotatable bonds is 7. The van der Waals surface area contributed by atoms with Crippen LogP contribution in [0, 0.1) is 0 Å². The molecule has 1 aromatic heterocycles. The van der Waals surface area contributed by atoms with Gasteiger partial charge in [-0.2, -0.15) is 4.98 Å². The van der Waals surface area contributed by atoms with Crippen LogP contribution in [0.1, 0.15) is 26.0 Å². The quantitative estimate of drug-likeness (QED) is 0.806. The van der Waals surface area contributed by atoms with Crippen molar-refractivity contribution in [2.45, 2.75) is 38.9 Å². The van der Waals surface area contributed by atoms with Gasteiger partial charge in [-0.15, -0.1) is 0 Å². The topological polar surface area (TPSA) is 70.3 Å². The fraction of sp³-hybridized carbons (Fsp3) is 0.474. The molecule has 1 aromatic carbocycles. The number of nitrogens with two attached hydrogens (primary N) is 1. The standard InChI is InChI=1S/C19H28N6/c1-4-14(2)21-11-15-10-18(23-19(20)22-15)25-12-17(13-25)24(3)16-8-6-5-7-9-16/h5-10,14,17,21H,4,11-13H2,1-3H3,(H2,20,22,23). The SMILES string of the molecule is CCC(C)NCc1cc(N2CC(N(C)c3ccccc3)C2)nc(N)n1. The molecule has 0 saturated carbocycles. The van der Waals surface area contributed by atoms with Crippen LogP contribution in [0.3, 0.4) is 0 Å². The molecule has 3 N–H and O–H groups in total. The fourth-order valence-corrected chi connectivity index (χ4v) is 2.94. The van der Waals surface area contributed by atoms with Gasteiger partial charge in [0.15, 0.2) is 0 Å². The maximum atomic E-state index is 5.91. The lowest BCUT2D eigenvalue weighted by molar-refractivity contribution is 0.491. The molecule has 25 heavy (non-hydrogen) atoms. The highest BCUT2D eigenvalue weighted by Gasteiger charge is 2.31. The molecule has 0 amide bonds. The molecule has 134 valence electrons.